The van der Waals surface area contributed by atoms with Gasteiger partial charge in [-0.3, -0.25) is 4.90 Å². The SMILES string of the molecule is CC(C)N(CCO)Cc1ccc(N)cc1Br. The van der Waals surface area contributed by atoms with Crippen LogP contribution >= 0.6 is 15.9 Å². The zero-order valence-electron chi connectivity index (χ0n) is 9.78. The molecule has 0 spiro atoms. The van der Waals surface area contributed by atoms with Gasteiger partial charge in [0.2, 0.25) is 0 Å². The fraction of sp³-hybridized carbons (Fsp3) is 0.500. The Bertz CT molecular complexity index is 342. The lowest BCUT2D eigenvalue weighted by Crippen LogP contribution is -2.33. The summed E-state index contributed by atoms with van der Waals surface area (Å²) in [4.78, 5) is 2.22. The van der Waals surface area contributed by atoms with Gasteiger partial charge in [0.15, 0.2) is 0 Å². The third-order valence-corrected chi connectivity index (χ3v) is 3.31. The Labute approximate surface area is 105 Å². The number of benzene rings is 1. The Morgan fingerprint density at radius 3 is 2.62 bits per heavy atom. The maximum atomic E-state index is 9.00. The van der Waals surface area contributed by atoms with Crippen LogP contribution in [0.25, 0.3) is 0 Å². The standard InChI is InChI=1S/C12H19BrN2O/c1-9(2)15(5-6-16)8-10-3-4-11(14)7-12(10)13/h3-4,7,9,16H,5-6,8,14H2,1-2H3. The van der Waals surface area contributed by atoms with Gasteiger partial charge in [-0.25, -0.2) is 0 Å². The lowest BCUT2D eigenvalue weighted by Gasteiger charge is -2.26. The molecule has 3 nitrogen and oxygen atoms in total. The third-order valence-electron chi connectivity index (χ3n) is 2.57. The van der Waals surface area contributed by atoms with Crippen LogP contribution in [0.2, 0.25) is 0 Å². The quantitative estimate of drug-likeness (QED) is 0.817. The molecule has 0 unspecified atom stereocenters. The lowest BCUT2D eigenvalue weighted by molar-refractivity contribution is 0.159. The molecule has 0 saturated heterocycles. The third kappa shape index (κ3) is 3.77. The van der Waals surface area contributed by atoms with Crippen molar-refractivity contribution in [2.45, 2.75) is 26.4 Å². The molecule has 4 heteroatoms. The molecule has 0 atom stereocenters. The topological polar surface area (TPSA) is 49.5 Å². The highest BCUT2D eigenvalue weighted by Crippen LogP contribution is 2.21. The van der Waals surface area contributed by atoms with Crippen molar-refractivity contribution in [3.63, 3.8) is 0 Å². The Hall–Kier alpha value is -0.580. The number of aliphatic hydroxyl groups excluding tert-OH is 1. The summed E-state index contributed by atoms with van der Waals surface area (Å²) in [5.41, 5.74) is 7.64. The minimum absolute atomic E-state index is 0.185. The van der Waals surface area contributed by atoms with Crippen molar-refractivity contribution in [2.75, 3.05) is 18.9 Å². The zero-order chi connectivity index (χ0) is 12.1. The Balaban J connectivity index is 2.77. The maximum Gasteiger partial charge on any atom is 0.0558 e. The van der Waals surface area contributed by atoms with Gasteiger partial charge in [-0.1, -0.05) is 22.0 Å². The van der Waals surface area contributed by atoms with E-state index in [1.807, 2.05) is 18.2 Å². The number of rotatable bonds is 5. The minimum Gasteiger partial charge on any atom is -0.399 e. The molecule has 0 heterocycles. The van der Waals surface area contributed by atoms with E-state index in [1.54, 1.807) is 0 Å². The molecule has 1 aromatic carbocycles. The lowest BCUT2D eigenvalue weighted by atomic mass is 10.1. The van der Waals surface area contributed by atoms with Crippen molar-refractivity contribution in [3.05, 3.63) is 28.2 Å². The fourth-order valence-corrected chi connectivity index (χ4v) is 2.08. The molecular weight excluding hydrogens is 268 g/mol. The molecule has 0 radical (unpaired) electrons. The molecule has 0 saturated carbocycles. The molecule has 16 heavy (non-hydrogen) atoms. The van der Waals surface area contributed by atoms with Gasteiger partial charge in [-0.2, -0.15) is 0 Å². The average Bonchev–Trinajstić information content (AvgIpc) is 2.20. The van der Waals surface area contributed by atoms with Gasteiger partial charge in [-0.15, -0.1) is 0 Å². The van der Waals surface area contributed by atoms with Crippen molar-refractivity contribution in [1.82, 2.24) is 4.90 Å². The van der Waals surface area contributed by atoms with Gasteiger partial charge in [0.25, 0.3) is 0 Å². The van der Waals surface area contributed by atoms with Crippen LogP contribution in [-0.2, 0) is 6.54 Å². The van der Waals surface area contributed by atoms with Crippen LogP contribution < -0.4 is 5.73 Å². The molecule has 0 amide bonds. The second-order valence-electron chi connectivity index (χ2n) is 4.14. The van der Waals surface area contributed by atoms with Gasteiger partial charge in [0.05, 0.1) is 6.61 Å². The molecular formula is C12H19BrN2O. The molecule has 0 fully saturated rings. The fourth-order valence-electron chi connectivity index (χ4n) is 1.56. The number of aliphatic hydroxyl groups is 1. The second-order valence-corrected chi connectivity index (χ2v) is 4.99. The zero-order valence-corrected chi connectivity index (χ0v) is 11.4. The van der Waals surface area contributed by atoms with Gasteiger partial charge in [0.1, 0.15) is 0 Å². The van der Waals surface area contributed by atoms with Crippen molar-refractivity contribution in [3.8, 4) is 0 Å². The van der Waals surface area contributed by atoms with E-state index in [2.05, 4.69) is 34.7 Å². The van der Waals surface area contributed by atoms with Crippen molar-refractivity contribution >= 4 is 21.6 Å². The summed E-state index contributed by atoms with van der Waals surface area (Å²) in [6, 6.07) is 6.24. The highest BCUT2D eigenvalue weighted by atomic mass is 79.9. The number of hydrogen-bond donors (Lipinski definition) is 2. The summed E-state index contributed by atoms with van der Waals surface area (Å²) >= 11 is 3.51. The van der Waals surface area contributed by atoms with Crippen molar-refractivity contribution < 1.29 is 5.11 Å². The molecule has 0 aromatic heterocycles. The maximum absolute atomic E-state index is 9.00. The van der Waals surface area contributed by atoms with E-state index in [9.17, 15) is 0 Å². The van der Waals surface area contributed by atoms with Gasteiger partial charge in [-0.05, 0) is 31.5 Å². The van der Waals surface area contributed by atoms with E-state index < -0.39 is 0 Å². The average molecular weight is 287 g/mol. The molecule has 1 aromatic rings. The van der Waals surface area contributed by atoms with Crippen molar-refractivity contribution in [2.24, 2.45) is 0 Å². The first-order valence-electron chi connectivity index (χ1n) is 5.43. The first kappa shape index (κ1) is 13.5. The number of nitrogens with zero attached hydrogens (tertiary/aromatic N) is 1. The van der Waals surface area contributed by atoms with Gasteiger partial charge in [0, 0.05) is 29.3 Å². The highest BCUT2D eigenvalue weighted by Gasteiger charge is 2.11. The Kier molecular flexibility index (Phi) is 5.25. The molecule has 90 valence electrons. The summed E-state index contributed by atoms with van der Waals surface area (Å²) in [5, 5.41) is 9.00. The molecule has 0 aliphatic rings. The Morgan fingerprint density at radius 1 is 1.44 bits per heavy atom. The summed E-state index contributed by atoms with van der Waals surface area (Å²) < 4.78 is 1.02. The van der Waals surface area contributed by atoms with Crippen LogP contribution in [0.15, 0.2) is 22.7 Å². The normalized spacial score (nSPS) is 11.4. The monoisotopic (exact) mass is 286 g/mol. The molecule has 3 N–H and O–H groups in total. The first-order chi connectivity index (χ1) is 7.54. The van der Waals surface area contributed by atoms with Crippen LogP contribution in [0.5, 0.6) is 0 Å². The number of nitrogens with two attached hydrogens (primary N) is 1. The van der Waals surface area contributed by atoms with Crippen LogP contribution in [-0.4, -0.2) is 29.2 Å². The van der Waals surface area contributed by atoms with Gasteiger partial charge < -0.3 is 10.8 Å². The summed E-state index contributed by atoms with van der Waals surface area (Å²) in [6.45, 7) is 5.94. The molecule has 0 aliphatic heterocycles. The van der Waals surface area contributed by atoms with E-state index in [-0.39, 0.29) is 6.61 Å². The largest absolute Gasteiger partial charge is 0.399 e. The van der Waals surface area contributed by atoms with E-state index in [0.29, 0.717) is 12.6 Å². The van der Waals surface area contributed by atoms with Crippen LogP contribution in [0, 0.1) is 0 Å². The molecule has 1 rings (SSSR count). The van der Waals surface area contributed by atoms with Crippen LogP contribution in [0.1, 0.15) is 19.4 Å². The van der Waals surface area contributed by atoms with E-state index in [1.165, 1.54) is 5.56 Å². The smallest absolute Gasteiger partial charge is 0.0558 e. The van der Waals surface area contributed by atoms with E-state index in [4.69, 9.17) is 10.8 Å². The number of anilines is 1. The summed E-state index contributed by atoms with van der Waals surface area (Å²) in [6.07, 6.45) is 0. The van der Waals surface area contributed by atoms with Gasteiger partial charge >= 0.3 is 0 Å². The second kappa shape index (κ2) is 6.23. The minimum atomic E-state index is 0.185. The Morgan fingerprint density at radius 2 is 2.12 bits per heavy atom. The predicted octanol–water partition coefficient (Wildman–Crippen LogP) is 2.23. The number of halogens is 1. The predicted molar refractivity (Wildman–Crippen MR) is 71.2 cm³/mol. The summed E-state index contributed by atoms with van der Waals surface area (Å²) in [7, 11) is 0. The van der Waals surface area contributed by atoms with Crippen LogP contribution in [0.3, 0.4) is 0 Å². The molecule has 0 aliphatic carbocycles. The van der Waals surface area contributed by atoms with Crippen molar-refractivity contribution in [1.29, 1.82) is 0 Å². The number of nitrogen functional groups attached to an aromatic ring is 1. The molecule has 0 bridgehead atoms. The van der Waals surface area contributed by atoms with Crippen LogP contribution in [0.4, 0.5) is 5.69 Å². The first-order valence-corrected chi connectivity index (χ1v) is 6.22. The van der Waals surface area contributed by atoms with E-state index in [0.717, 1.165) is 16.7 Å². The number of hydrogen-bond acceptors (Lipinski definition) is 3. The summed E-state index contributed by atoms with van der Waals surface area (Å²) in [5.74, 6) is 0. The van der Waals surface area contributed by atoms with E-state index >= 15 is 0 Å². The highest BCUT2D eigenvalue weighted by molar-refractivity contribution is 9.10.